The molecule has 84 valence electrons. The van der Waals surface area contributed by atoms with E-state index in [9.17, 15) is 5.11 Å². The highest BCUT2D eigenvalue weighted by atomic mass is 16.3. The van der Waals surface area contributed by atoms with Crippen LogP contribution >= 0.6 is 0 Å². The topological polar surface area (TPSA) is 40.5 Å². The Morgan fingerprint density at radius 1 is 0.938 bits per heavy atom. The summed E-state index contributed by atoms with van der Waals surface area (Å²) in [6.45, 7) is 0.184. The summed E-state index contributed by atoms with van der Waals surface area (Å²) < 4.78 is 0. The third kappa shape index (κ3) is 2.08. The van der Waals surface area contributed by atoms with Crippen LogP contribution in [0.15, 0.2) is 42.5 Å². The third-order valence-electron chi connectivity index (χ3n) is 2.96. The molecule has 0 saturated carbocycles. The zero-order valence-corrected chi connectivity index (χ0v) is 9.13. The van der Waals surface area contributed by atoms with Crippen molar-refractivity contribution in [2.24, 2.45) is 0 Å². The molecule has 0 spiro atoms. The normalized spacial score (nSPS) is 12.9. The molecule has 0 aliphatic rings. The lowest BCUT2D eigenvalue weighted by Gasteiger charge is -2.15. The predicted octanol–water partition coefficient (Wildman–Crippen LogP) is 2.30. The number of rotatable bonds is 4. The number of benzene rings is 2. The minimum atomic E-state index is 0.0242. The van der Waals surface area contributed by atoms with E-state index in [-0.39, 0.29) is 19.1 Å². The first-order valence-electron chi connectivity index (χ1n) is 5.56. The highest BCUT2D eigenvalue weighted by Gasteiger charge is 2.12. The van der Waals surface area contributed by atoms with Crippen LogP contribution in [0.2, 0.25) is 0 Å². The molecule has 2 rings (SSSR count). The second-order valence-corrected chi connectivity index (χ2v) is 3.96. The maximum absolute atomic E-state index is 9.36. The minimum absolute atomic E-state index is 0.0242. The second-order valence-electron chi connectivity index (χ2n) is 3.96. The zero-order chi connectivity index (χ0) is 11.4. The van der Waals surface area contributed by atoms with E-state index in [1.54, 1.807) is 0 Å². The van der Waals surface area contributed by atoms with Gasteiger partial charge in [-0.15, -0.1) is 0 Å². The highest BCUT2D eigenvalue weighted by molar-refractivity contribution is 5.86. The first kappa shape index (κ1) is 11.1. The summed E-state index contributed by atoms with van der Waals surface area (Å²) in [6.07, 6.45) is 0.602. The quantitative estimate of drug-likeness (QED) is 0.823. The van der Waals surface area contributed by atoms with Crippen molar-refractivity contribution in [3.05, 3.63) is 48.0 Å². The standard InChI is InChI=1S/C14H16O2/c15-9-8-12(10-16)14-7-3-5-11-4-1-2-6-13(11)14/h1-7,12,15-16H,8-10H2. The van der Waals surface area contributed by atoms with Crippen LogP contribution in [0, 0.1) is 0 Å². The Morgan fingerprint density at radius 2 is 1.69 bits per heavy atom. The van der Waals surface area contributed by atoms with Gasteiger partial charge < -0.3 is 10.2 Å². The van der Waals surface area contributed by atoms with Crippen molar-refractivity contribution in [2.45, 2.75) is 12.3 Å². The first-order chi connectivity index (χ1) is 7.86. The zero-order valence-electron chi connectivity index (χ0n) is 9.13. The molecule has 0 aromatic heterocycles. The second kappa shape index (κ2) is 5.10. The number of fused-ring (bicyclic) bond motifs is 1. The van der Waals surface area contributed by atoms with Crippen LogP contribution in [0.25, 0.3) is 10.8 Å². The molecule has 0 fully saturated rings. The van der Waals surface area contributed by atoms with Crippen molar-refractivity contribution in [3.63, 3.8) is 0 Å². The molecule has 0 amide bonds. The maximum atomic E-state index is 9.36. The van der Waals surface area contributed by atoms with Crippen LogP contribution in [-0.2, 0) is 0 Å². The molecular formula is C14H16O2. The molecule has 0 aliphatic carbocycles. The smallest absolute Gasteiger partial charge is 0.0500 e. The van der Waals surface area contributed by atoms with Gasteiger partial charge in [0.1, 0.15) is 0 Å². The van der Waals surface area contributed by atoms with Gasteiger partial charge in [0.2, 0.25) is 0 Å². The molecule has 2 aromatic rings. The van der Waals surface area contributed by atoms with E-state index < -0.39 is 0 Å². The van der Waals surface area contributed by atoms with Gasteiger partial charge in [0.15, 0.2) is 0 Å². The van der Waals surface area contributed by atoms with Crippen LogP contribution < -0.4 is 0 Å². The molecule has 0 saturated heterocycles. The third-order valence-corrected chi connectivity index (χ3v) is 2.96. The summed E-state index contributed by atoms with van der Waals surface area (Å²) in [7, 11) is 0. The van der Waals surface area contributed by atoms with Gasteiger partial charge >= 0.3 is 0 Å². The minimum Gasteiger partial charge on any atom is -0.396 e. The number of hydrogen-bond donors (Lipinski definition) is 2. The molecule has 2 aromatic carbocycles. The van der Waals surface area contributed by atoms with E-state index in [2.05, 4.69) is 18.2 Å². The van der Waals surface area contributed by atoms with Gasteiger partial charge in [0, 0.05) is 12.5 Å². The monoisotopic (exact) mass is 216 g/mol. The molecule has 1 unspecified atom stereocenters. The van der Waals surface area contributed by atoms with Crippen LogP contribution in [-0.4, -0.2) is 23.4 Å². The Bertz CT molecular complexity index is 460. The Labute approximate surface area is 95.2 Å². The molecule has 2 nitrogen and oxygen atoms in total. The van der Waals surface area contributed by atoms with Crippen molar-refractivity contribution in [1.82, 2.24) is 0 Å². The van der Waals surface area contributed by atoms with Crippen molar-refractivity contribution < 1.29 is 10.2 Å². The van der Waals surface area contributed by atoms with Crippen molar-refractivity contribution in [3.8, 4) is 0 Å². The summed E-state index contributed by atoms with van der Waals surface area (Å²) >= 11 is 0. The van der Waals surface area contributed by atoms with Gasteiger partial charge in [-0.2, -0.15) is 0 Å². The average Bonchev–Trinajstić information content (AvgIpc) is 2.35. The van der Waals surface area contributed by atoms with E-state index in [0.29, 0.717) is 6.42 Å². The molecule has 1 atom stereocenters. The SMILES string of the molecule is OCCC(CO)c1cccc2ccccc12. The highest BCUT2D eigenvalue weighted by Crippen LogP contribution is 2.27. The largest absolute Gasteiger partial charge is 0.396 e. The van der Waals surface area contributed by atoms with Crippen molar-refractivity contribution in [2.75, 3.05) is 13.2 Å². The van der Waals surface area contributed by atoms with Crippen molar-refractivity contribution in [1.29, 1.82) is 0 Å². The van der Waals surface area contributed by atoms with Gasteiger partial charge in [-0.25, -0.2) is 0 Å². The van der Waals surface area contributed by atoms with E-state index in [4.69, 9.17) is 5.11 Å². The molecule has 16 heavy (non-hydrogen) atoms. The van der Waals surface area contributed by atoms with E-state index in [1.165, 1.54) is 5.39 Å². The van der Waals surface area contributed by atoms with Crippen LogP contribution in [0.5, 0.6) is 0 Å². The molecule has 0 bridgehead atoms. The summed E-state index contributed by atoms with van der Waals surface area (Å²) in [4.78, 5) is 0. The lowest BCUT2D eigenvalue weighted by molar-refractivity contribution is 0.220. The van der Waals surface area contributed by atoms with E-state index in [1.807, 2.05) is 24.3 Å². The molecule has 0 heterocycles. The summed E-state index contributed by atoms with van der Waals surface area (Å²) in [5.74, 6) is 0.0242. The Kier molecular flexibility index (Phi) is 3.54. The fraction of sp³-hybridized carbons (Fsp3) is 0.286. The Hall–Kier alpha value is -1.38. The molecule has 0 radical (unpaired) electrons. The van der Waals surface area contributed by atoms with Gasteiger partial charge in [0.25, 0.3) is 0 Å². The predicted molar refractivity (Wildman–Crippen MR) is 65.5 cm³/mol. The maximum Gasteiger partial charge on any atom is 0.0500 e. The van der Waals surface area contributed by atoms with E-state index in [0.717, 1.165) is 10.9 Å². The van der Waals surface area contributed by atoms with Gasteiger partial charge in [0.05, 0.1) is 6.61 Å². The van der Waals surface area contributed by atoms with Crippen LogP contribution in [0.3, 0.4) is 0 Å². The van der Waals surface area contributed by atoms with Crippen molar-refractivity contribution >= 4 is 10.8 Å². The molecule has 2 heteroatoms. The number of hydrogen-bond acceptors (Lipinski definition) is 2. The van der Waals surface area contributed by atoms with E-state index >= 15 is 0 Å². The Morgan fingerprint density at radius 3 is 2.44 bits per heavy atom. The van der Waals surface area contributed by atoms with Gasteiger partial charge in [-0.05, 0) is 22.8 Å². The first-order valence-corrected chi connectivity index (χ1v) is 5.56. The summed E-state index contributed by atoms with van der Waals surface area (Å²) in [5, 5.41) is 20.7. The molecule has 2 N–H and O–H groups in total. The summed E-state index contributed by atoms with van der Waals surface area (Å²) in [6, 6.07) is 14.2. The van der Waals surface area contributed by atoms with Crippen LogP contribution in [0.1, 0.15) is 17.9 Å². The van der Waals surface area contributed by atoms with Gasteiger partial charge in [-0.3, -0.25) is 0 Å². The summed E-state index contributed by atoms with van der Waals surface area (Å²) in [5.41, 5.74) is 1.12. The fourth-order valence-electron chi connectivity index (χ4n) is 2.11. The lowest BCUT2D eigenvalue weighted by atomic mass is 9.92. The number of aliphatic hydroxyl groups excluding tert-OH is 2. The van der Waals surface area contributed by atoms with Gasteiger partial charge in [-0.1, -0.05) is 42.5 Å². The Balaban J connectivity index is 2.50. The fourth-order valence-corrected chi connectivity index (χ4v) is 2.11. The lowest BCUT2D eigenvalue weighted by Crippen LogP contribution is -2.06. The number of aliphatic hydroxyl groups is 2. The average molecular weight is 216 g/mol. The molecular weight excluding hydrogens is 200 g/mol. The van der Waals surface area contributed by atoms with Crippen LogP contribution in [0.4, 0.5) is 0 Å². The molecule has 0 aliphatic heterocycles.